The second kappa shape index (κ2) is 3.60. The standard InChI is InChI=1S/C11H16O2/c12-10-6-4-9(5-7-10)11(13)8-2-1-3-8/h8-9H,1-7H2. The normalized spacial score (nSPS) is 25.7. The third-order valence-electron chi connectivity index (χ3n) is 3.45. The van der Waals surface area contributed by atoms with E-state index in [2.05, 4.69) is 0 Å². The van der Waals surface area contributed by atoms with Crippen LogP contribution in [0.15, 0.2) is 0 Å². The Hall–Kier alpha value is -0.660. The van der Waals surface area contributed by atoms with Crippen LogP contribution in [-0.2, 0) is 9.59 Å². The molecule has 0 aromatic rings. The molecule has 0 unspecified atom stereocenters. The van der Waals surface area contributed by atoms with Crippen molar-refractivity contribution in [3.05, 3.63) is 0 Å². The van der Waals surface area contributed by atoms with E-state index in [-0.39, 0.29) is 5.92 Å². The van der Waals surface area contributed by atoms with Crippen LogP contribution in [-0.4, -0.2) is 11.6 Å². The molecule has 0 heterocycles. The molecule has 0 aliphatic heterocycles. The summed E-state index contributed by atoms with van der Waals surface area (Å²) in [5.74, 6) is 1.39. The van der Waals surface area contributed by atoms with Gasteiger partial charge in [0.25, 0.3) is 0 Å². The first-order valence-corrected chi connectivity index (χ1v) is 5.33. The highest BCUT2D eigenvalue weighted by Gasteiger charge is 2.32. The van der Waals surface area contributed by atoms with E-state index in [1.54, 1.807) is 0 Å². The second-order valence-corrected chi connectivity index (χ2v) is 4.34. The van der Waals surface area contributed by atoms with Gasteiger partial charge in [0, 0.05) is 24.7 Å². The molecular weight excluding hydrogens is 164 g/mol. The fourth-order valence-electron chi connectivity index (χ4n) is 2.25. The summed E-state index contributed by atoms with van der Waals surface area (Å²) in [7, 11) is 0. The van der Waals surface area contributed by atoms with Crippen LogP contribution < -0.4 is 0 Å². The summed E-state index contributed by atoms with van der Waals surface area (Å²) in [5, 5.41) is 0. The predicted molar refractivity (Wildman–Crippen MR) is 49.3 cm³/mol. The summed E-state index contributed by atoms with van der Waals surface area (Å²) in [6.45, 7) is 0. The van der Waals surface area contributed by atoms with Crippen molar-refractivity contribution in [2.45, 2.75) is 44.9 Å². The molecule has 2 nitrogen and oxygen atoms in total. The van der Waals surface area contributed by atoms with Crippen molar-refractivity contribution in [3.63, 3.8) is 0 Å². The average molecular weight is 180 g/mol. The minimum Gasteiger partial charge on any atom is -0.300 e. The highest BCUT2D eigenvalue weighted by Crippen LogP contribution is 2.33. The second-order valence-electron chi connectivity index (χ2n) is 4.34. The molecule has 0 aromatic carbocycles. The highest BCUT2D eigenvalue weighted by molar-refractivity contribution is 5.87. The molecule has 2 saturated carbocycles. The Morgan fingerprint density at radius 3 is 2.00 bits per heavy atom. The van der Waals surface area contributed by atoms with E-state index >= 15 is 0 Å². The van der Waals surface area contributed by atoms with E-state index in [4.69, 9.17) is 0 Å². The molecule has 0 N–H and O–H groups in total. The molecule has 0 radical (unpaired) electrons. The van der Waals surface area contributed by atoms with Gasteiger partial charge in [0.2, 0.25) is 0 Å². The van der Waals surface area contributed by atoms with Crippen LogP contribution in [0, 0.1) is 11.8 Å². The molecule has 13 heavy (non-hydrogen) atoms. The summed E-state index contributed by atoms with van der Waals surface area (Å²) in [6.07, 6.45) is 6.36. The van der Waals surface area contributed by atoms with Gasteiger partial charge in [-0.3, -0.25) is 9.59 Å². The lowest BCUT2D eigenvalue weighted by Crippen LogP contribution is -2.31. The lowest BCUT2D eigenvalue weighted by atomic mass is 9.74. The molecule has 0 amide bonds. The van der Waals surface area contributed by atoms with E-state index in [1.807, 2.05) is 0 Å². The Morgan fingerprint density at radius 2 is 1.54 bits per heavy atom. The van der Waals surface area contributed by atoms with Crippen LogP contribution in [0.2, 0.25) is 0 Å². The van der Waals surface area contributed by atoms with Crippen molar-refractivity contribution in [1.82, 2.24) is 0 Å². The van der Waals surface area contributed by atoms with Gasteiger partial charge < -0.3 is 0 Å². The van der Waals surface area contributed by atoms with Crippen molar-refractivity contribution in [2.24, 2.45) is 11.8 Å². The number of rotatable bonds is 2. The average Bonchev–Trinajstić information content (AvgIpc) is 2.02. The van der Waals surface area contributed by atoms with Gasteiger partial charge in [-0.2, -0.15) is 0 Å². The predicted octanol–water partition coefficient (Wildman–Crippen LogP) is 2.11. The maximum Gasteiger partial charge on any atom is 0.139 e. The molecule has 2 rings (SSSR count). The molecule has 0 aromatic heterocycles. The molecule has 2 aliphatic carbocycles. The fourth-order valence-corrected chi connectivity index (χ4v) is 2.25. The topological polar surface area (TPSA) is 34.1 Å². The maximum absolute atomic E-state index is 11.8. The number of hydrogen-bond donors (Lipinski definition) is 0. The highest BCUT2D eigenvalue weighted by atomic mass is 16.1. The molecule has 0 bridgehead atoms. The summed E-state index contributed by atoms with van der Waals surface area (Å²) in [4.78, 5) is 22.7. The van der Waals surface area contributed by atoms with E-state index in [0.29, 0.717) is 30.3 Å². The van der Waals surface area contributed by atoms with Crippen molar-refractivity contribution in [3.8, 4) is 0 Å². The summed E-state index contributed by atoms with van der Waals surface area (Å²) in [5.41, 5.74) is 0. The number of Topliss-reactive ketones (excluding diaryl/α,β-unsaturated/α-hetero) is 2. The van der Waals surface area contributed by atoms with Crippen molar-refractivity contribution >= 4 is 11.6 Å². The third kappa shape index (κ3) is 1.82. The van der Waals surface area contributed by atoms with Gasteiger partial charge in [0.05, 0.1) is 0 Å². The number of carbonyl (C=O) groups excluding carboxylic acids is 2. The smallest absolute Gasteiger partial charge is 0.139 e. The largest absolute Gasteiger partial charge is 0.300 e. The van der Waals surface area contributed by atoms with Gasteiger partial charge in [0.15, 0.2) is 0 Å². The molecule has 0 spiro atoms. The van der Waals surface area contributed by atoms with Crippen molar-refractivity contribution < 1.29 is 9.59 Å². The van der Waals surface area contributed by atoms with Crippen LogP contribution in [0.4, 0.5) is 0 Å². The number of hydrogen-bond acceptors (Lipinski definition) is 2. The van der Waals surface area contributed by atoms with E-state index in [9.17, 15) is 9.59 Å². The quantitative estimate of drug-likeness (QED) is 0.652. The Morgan fingerprint density at radius 1 is 1.00 bits per heavy atom. The molecule has 2 fully saturated rings. The lowest BCUT2D eigenvalue weighted by Gasteiger charge is -2.29. The zero-order chi connectivity index (χ0) is 9.26. The molecular formula is C11H16O2. The Balaban J connectivity index is 1.86. The van der Waals surface area contributed by atoms with E-state index < -0.39 is 0 Å². The van der Waals surface area contributed by atoms with Crippen LogP contribution >= 0.6 is 0 Å². The summed E-state index contributed by atoms with van der Waals surface area (Å²) < 4.78 is 0. The zero-order valence-corrected chi connectivity index (χ0v) is 7.92. The molecule has 72 valence electrons. The first-order chi connectivity index (χ1) is 6.27. The Bertz CT molecular complexity index is 218. The lowest BCUT2D eigenvalue weighted by molar-refractivity contribution is -0.131. The Labute approximate surface area is 78.7 Å². The van der Waals surface area contributed by atoms with Crippen LogP contribution in [0.3, 0.4) is 0 Å². The molecule has 0 atom stereocenters. The zero-order valence-electron chi connectivity index (χ0n) is 7.92. The summed E-state index contributed by atoms with van der Waals surface area (Å²) in [6, 6.07) is 0. The van der Waals surface area contributed by atoms with Gasteiger partial charge >= 0.3 is 0 Å². The number of ketones is 2. The Kier molecular flexibility index (Phi) is 2.47. The van der Waals surface area contributed by atoms with Crippen LogP contribution in [0.5, 0.6) is 0 Å². The number of carbonyl (C=O) groups is 2. The van der Waals surface area contributed by atoms with Gasteiger partial charge in [-0.05, 0) is 25.7 Å². The molecule has 0 saturated heterocycles. The fraction of sp³-hybridized carbons (Fsp3) is 0.818. The summed E-state index contributed by atoms with van der Waals surface area (Å²) >= 11 is 0. The minimum atomic E-state index is 0.225. The SMILES string of the molecule is O=C1CCC(C(=O)C2CCC2)CC1. The van der Waals surface area contributed by atoms with E-state index in [0.717, 1.165) is 25.7 Å². The van der Waals surface area contributed by atoms with Crippen molar-refractivity contribution in [2.75, 3.05) is 0 Å². The minimum absolute atomic E-state index is 0.225. The van der Waals surface area contributed by atoms with Crippen LogP contribution in [0.1, 0.15) is 44.9 Å². The monoisotopic (exact) mass is 180 g/mol. The van der Waals surface area contributed by atoms with Gasteiger partial charge in [-0.1, -0.05) is 6.42 Å². The van der Waals surface area contributed by atoms with Crippen molar-refractivity contribution in [1.29, 1.82) is 0 Å². The maximum atomic E-state index is 11.8. The first kappa shape index (κ1) is 8.92. The molecule has 2 aliphatic rings. The first-order valence-electron chi connectivity index (χ1n) is 5.33. The van der Waals surface area contributed by atoms with E-state index in [1.165, 1.54) is 6.42 Å². The van der Waals surface area contributed by atoms with Crippen LogP contribution in [0.25, 0.3) is 0 Å². The van der Waals surface area contributed by atoms with Gasteiger partial charge in [-0.25, -0.2) is 0 Å². The van der Waals surface area contributed by atoms with Gasteiger partial charge in [-0.15, -0.1) is 0 Å². The third-order valence-corrected chi connectivity index (χ3v) is 3.45. The van der Waals surface area contributed by atoms with Gasteiger partial charge in [0.1, 0.15) is 11.6 Å². The molecule has 2 heteroatoms.